The molecule has 0 aromatic carbocycles. The molecule has 0 saturated carbocycles. The van der Waals surface area contributed by atoms with E-state index >= 15 is 0 Å². The van der Waals surface area contributed by atoms with Gasteiger partial charge in [-0.05, 0) is 12.3 Å². The second-order valence-corrected chi connectivity index (χ2v) is 4.89. The minimum atomic E-state index is 0.146. The summed E-state index contributed by atoms with van der Waals surface area (Å²) in [5.41, 5.74) is 5.72. The van der Waals surface area contributed by atoms with E-state index in [1.807, 2.05) is 0 Å². The van der Waals surface area contributed by atoms with Crippen LogP contribution in [0.25, 0.3) is 0 Å². The number of nitrogen functional groups attached to an aromatic ring is 1. The molecule has 3 N–H and O–H groups in total. The van der Waals surface area contributed by atoms with Crippen LogP contribution in [-0.2, 0) is 0 Å². The molecule has 1 rings (SSSR count). The van der Waals surface area contributed by atoms with Gasteiger partial charge in [-0.15, -0.1) is 0 Å². The maximum atomic E-state index is 5.58. The number of nitrogens with one attached hydrogen (secondary N) is 1. The third-order valence-electron chi connectivity index (χ3n) is 2.59. The Balaban J connectivity index is 2.85. The summed E-state index contributed by atoms with van der Waals surface area (Å²) in [5.74, 6) is 1.37. The zero-order valence-corrected chi connectivity index (χ0v) is 10.5. The number of methoxy groups -OCH3 is 1. The average molecular weight is 224 g/mol. The largest absolute Gasteiger partial charge is 0.481 e. The van der Waals surface area contributed by atoms with Crippen LogP contribution >= 0.6 is 0 Å². The number of hydrogen-bond donors (Lipinski definition) is 2. The molecule has 0 aliphatic rings. The SMILES string of the molecule is COc1cc(NC(C)C(C)(C)C)nc(N)n1. The number of ether oxygens (including phenoxy) is 1. The summed E-state index contributed by atoms with van der Waals surface area (Å²) >= 11 is 0. The van der Waals surface area contributed by atoms with Crippen molar-refractivity contribution in [3.8, 4) is 5.88 Å². The van der Waals surface area contributed by atoms with Gasteiger partial charge in [-0.3, -0.25) is 0 Å². The van der Waals surface area contributed by atoms with Crippen molar-refractivity contribution in [2.24, 2.45) is 5.41 Å². The van der Waals surface area contributed by atoms with Gasteiger partial charge in [0, 0.05) is 12.1 Å². The predicted octanol–water partition coefficient (Wildman–Crippen LogP) is 1.91. The minimum Gasteiger partial charge on any atom is -0.481 e. The second kappa shape index (κ2) is 4.55. The predicted molar refractivity (Wildman–Crippen MR) is 65.5 cm³/mol. The van der Waals surface area contributed by atoms with E-state index in [0.717, 1.165) is 0 Å². The molecule has 0 bridgehead atoms. The summed E-state index contributed by atoms with van der Waals surface area (Å²) in [6.45, 7) is 8.58. The topological polar surface area (TPSA) is 73.1 Å². The van der Waals surface area contributed by atoms with Crippen molar-refractivity contribution in [3.63, 3.8) is 0 Å². The molecule has 0 aliphatic carbocycles. The Morgan fingerprint density at radius 1 is 1.38 bits per heavy atom. The van der Waals surface area contributed by atoms with Crippen molar-refractivity contribution in [2.45, 2.75) is 33.7 Å². The standard InChI is InChI=1S/C11H20N4O/c1-7(11(2,3)4)13-8-6-9(16-5)15-10(12)14-8/h6-7H,1-5H3,(H3,12,13,14,15). The Morgan fingerprint density at radius 3 is 2.50 bits per heavy atom. The highest BCUT2D eigenvalue weighted by atomic mass is 16.5. The van der Waals surface area contributed by atoms with E-state index < -0.39 is 0 Å². The van der Waals surface area contributed by atoms with Crippen molar-refractivity contribution in [1.29, 1.82) is 0 Å². The van der Waals surface area contributed by atoms with Gasteiger partial charge in [-0.2, -0.15) is 9.97 Å². The van der Waals surface area contributed by atoms with Crippen LogP contribution in [0.15, 0.2) is 6.07 Å². The number of aromatic nitrogens is 2. The lowest BCUT2D eigenvalue weighted by molar-refractivity contribution is 0.358. The molecule has 0 spiro atoms. The molecular formula is C11H20N4O. The number of hydrogen-bond acceptors (Lipinski definition) is 5. The van der Waals surface area contributed by atoms with Crippen LogP contribution in [0.4, 0.5) is 11.8 Å². The molecule has 5 nitrogen and oxygen atoms in total. The van der Waals surface area contributed by atoms with E-state index in [0.29, 0.717) is 11.7 Å². The number of anilines is 2. The molecule has 0 aliphatic heterocycles. The Hall–Kier alpha value is -1.52. The van der Waals surface area contributed by atoms with Gasteiger partial charge in [0.2, 0.25) is 11.8 Å². The molecule has 0 amide bonds. The maximum Gasteiger partial charge on any atom is 0.225 e. The van der Waals surface area contributed by atoms with E-state index in [-0.39, 0.29) is 17.4 Å². The van der Waals surface area contributed by atoms with Crippen molar-refractivity contribution < 1.29 is 4.74 Å². The molecular weight excluding hydrogens is 204 g/mol. The second-order valence-electron chi connectivity index (χ2n) is 4.89. The van der Waals surface area contributed by atoms with Gasteiger partial charge in [-0.25, -0.2) is 0 Å². The molecule has 5 heteroatoms. The van der Waals surface area contributed by atoms with Crippen LogP contribution in [-0.4, -0.2) is 23.1 Å². The number of nitrogens with two attached hydrogens (primary N) is 1. The molecule has 0 saturated heterocycles. The van der Waals surface area contributed by atoms with Gasteiger partial charge in [0.15, 0.2) is 0 Å². The molecule has 16 heavy (non-hydrogen) atoms. The van der Waals surface area contributed by atoms with Gasteiger partial charge >= 0.3 is 0 Å². The normalized spacial score (nSPS) is 13.3. The van der Waals surface area contributed by atoms with E-state index in [1.54, 1.807) is 13.2 Å². The molecule has 1 aromatic rings. The first-order valence-corrected chi connectivity index (χ1v) is 5.28. The number of rotatable bonds is 3. The highest BCUT2D eigenvalue weighted by Crippen LogP contribution is 2.23. The zero-order chi connectivity index (χ0) is 12.3. The van der Waals surface area contributed by atoms with Crippen molar-refractivity contribution >= 4 is 11.8 Å². The van der Waals surface area contributed by atoms with Crippen molar-refractivity contribution in [3.05, 3.63) is 6.07 Å². The number of nitrogens with zero attached hydrogens (tertiary/aromatic N) is 2. The van der Waals surface area contributed by atoms with Gasteiger partial charge in [0.25, 0.3) is 0 Å². The Labute approximate surface area is 96.4 Å². The lowest BCUT2D eigenvalue weighted by Crippen LogP contribution is -2.31. The smallest absolute Gasteiger partial charge is 0.225 e. The van der Waals surface area contributed by atoms with Crippen molar-refractivity contribution in [2.75, 3.05) is 18.2 Å². The average Bonchev–Trinajstić information content (AvgIpc) is 2.15. The first kappa shape index (κ1) is 12.5. The maximum absolute atomic E-state index is 5.58. The summed E-state index contributed by atoms with van der Waals surface area (Å²) in [6, 6.07) is 2.00. The summed E-state index contributed by atoms with van der Waals surface area (Å²) in [6.07, 6.45) is 0. The monoisotopic (exact) mass is 224 g/mol. The Kier molecular flexibility index (Phi) is 3.57. The molecule has 0 fully saturated rings. The van der Waals surface area contributed by atoms with Crippen LogP contribution < -0.4 is 15.8 Å². The fourth-order valence-corrected chi connectivity index (χ4v) is 1.06. The van der Waals surface area contributed by atoms with Gasteiger partial charge in [0.1, 0.15) is 5.82 Å². The molecule has 1 aromatic heterocycles. The van der Waals surface area contributed by atoms with Crippen molar-refractivity contribution in [1.82, 2.24) is 9.97 Å². The van der Waals surface area contributed by atoms with Crippen LogP contribution in [0.1, 0.15) is 27.7 Å². The summed E-state index contributed by atoms with van der Waals surface area (Å²) in [7, 11) is 1.55. The first-order chi connectivity index (χ1) is 7.32. The van der Waals surface area contributed by atoms with E-state index in [4.69, 9.17) is 10.5 Å². The third kappa shape index (κ3) is 3.25. The Morgan fingerprint density at radius 2 is 2.00 bits per heavy atom. The van der Waals surface area contributed by atoms with E-state index in [9.17, 15) is 0 Å². The summed E-state index contributed by atoms with van der Waals surface area (Å²) in [5, 5.41) is 3.29. The van der Waals surface area contributed by atoms with Gasteiger partial charge in [0.05, 0.1) is 7.11 Å². The lowest BCUT2D eigenvalue weighted by atomic mass is 9.88. The quantitative estimate of drug-likeness (QED) is 0.820. The molecule has 1 heterocycles. The highest BCUT2D eigenvalue weighted by molar-refractivity contribution is 5.43. The van der Waals surface area contributed by atoms with Gasteiger partial charge in [-0.1, -0.05) is 20.8 Å². The fraction of sp³-hybridized carbons (Fsp3) is 0.636. The molecule has 0 radical (unpaired) electrons. The van der Waals surface area contributed by atoms with E-state index in [1.165, 1.54) is 0 Å². The molecule has 1 unspecified atom stereocenters. The highest BCUT2D eigenvalue weighted by Gasteiger charge is 2.20. The first-order valence-electron chi connectivity index (χ1n) is 5.28. The minimum absolute atomic E-state index is 0.146. The fourth-order valence-electron chi connectivity index (χ4n) is 1.06. The zero-order valence-electron chi connectivity index (χ0n) is 10.5. The lowest BCUT2D eigenvalue weighted by Gasteiger charge is -2.28. The van der Waals surface area contributed by atoms with Crippen LogP contribution in [0.2, 0.25) is 0 Å². The summed E-state index contributed by atoms with van der Waals surface area (Å²) < 4.78 is 5.03. The van der Waals surface area contributed by atoms with E-state index in [2.05, 4.69) is 43.0 Å². The van der Waals surface area contributed by atoms with Crippen LogP contribution in [0.5, 0.6) is 5.88 Å². The molecule has 90 valence electrons. The van der Waals surface area contributed by atoms with Crippen LogP contribution in [0, 0.1) is 5.41 Å². The van der Waals surface area contributed by atoms with Crippen LogP contribution in [0.3, 0.4) is 0 Å². The van der Waals surface area contributed by atoms with Gasteiger partial charge < -0.3 is 15.8 Å². The molecule has 1 atom stereocenters. The third-order valence-corrected chi connectivity index (χ3v) is 2.59. The Bertz CT molecular complexity index is 359. The summed E-state index contributed by atoms with van der Waals surface area (Å²) in [4.78, 5) is 8.04.